The van der Waals surface area contributed by atoms with Gasteiger partial charge in [-0.25, -0.2) is 4.79 Å². The van der Waals surface area contributed by atoms with E-state index in [0.29, 0.717) is 22.4 Å². The standard InChI is InChI=1S/C21H19ClN2O2/c1-24-12-18(14-9-10-14)20(13-24)26-21(25)23-19-8-3-2-7-17(19)15-5-4-6-16(22)11-15/h2-8,11-14H,9-10H2,1H3,(H,23,25). The monoisotopic (exact) mass is 366 g/mol. The summed E-state index contributed by atoms with van der Waals surface area (Å²) in [5.74, 6) is 1.14. The Morgan fingerprint density at radius 2 is 1.96 bits per heavy atom. The Labute approximate surface area is 157 Å². The minimum atomic E-state index is -0.493. The number of hydrogen-bond donors (Lipinski definition) is 1. The number of aromatic nitrogens is 1. The number of nitrogens with one attached hydrogen (secondary N) is 1. The van der Waals surface area contributed by atoms with Gasteiger partial charge in [-0.05, 0) is 42.5 Å². The lowest BCUT2D eigenvalue weighted by molar-refractivity contribution is 0.215. The number of carbonyl (C=O) groups excluding carboxylic acids is 1. The van der Waals surface area contributed by atoms with Crippen LogP contribution in [0.4, 0.5) is 10.5 Å². The van der Waals surface area contributed by atoms with Gasteiger partial charge >= 0.3 is 6.09 Å². The molecular weight excluding hydrogens is 348 g/mol. The van der Waals surface area contributed by atoms with Crippen molar-refractivity contribution in [3.63, 3.8) is 0 Å². The average Bonchev–Trinajstić information content (AvgIpc) is 3.39. The summed E-state index contributed by atoms with van der Waals surface area (Å²) in [7, 11) is 1.94. The van der Waals surface area contributed by atoms with Crippen LogP contribution in [0, 0.1) is 0 Å². The maximum Gasteiger partial charge on any atom is 0.417 e. The zero-order valence-corrected chi connectivity index (χ0v) is 15.2. The van der Waals surface area contributed by atoms with Crippen LogP contribution < -0.4 is 10.1 Å². The van der Waals surface area contributed by atoms with Crippen LogP contribution in [0.1, 0.15) is 24.3 Å². The number of carbonyl (C=O) groups is 1. The second-order valence-corrected chi connectivity index (χ2v) is 7.02. The van der Waals surface area contributed by atoms with Gasteiger partial charge in [0.15, 0.2) is 5.75 Å². The van der Waals surface area contributed by atoms with Crippen molar-refractivity contribution in [2.45, 2.75) is 18.8 Å². The summed E-state index contributed by atoms with van der Waals surface area (Å²) in [5.41, 5.74) is 3.61. The number of ether oxygens (including phenoxy) is 1. The molecule has 3 aromatic rings. The number of aryl methyl sites for hydroxylation is 1. The summed E-state index contributed by atoms with van der Waals surface area (Å²) in [5, 5.41) is 3.51. The van der Waals surface area contributed by atoms with Gasteiger partial charge in [0.2, 0.25) is 0 Å². The maximum atomic E-state index is 12.5. The lowest BCUT2D eigenvalue weighted by Crippen LogP contribution is -2.17. The molecule has 132 valence electrons. The Morgan fingerprint density at radius 1 is 1.15 bits per heavy atom. The first-order chi connectivity index (χ1) is 12.6. The molecule has 26 heavy (non-hydrogen) atoms. The summed E-state index contributed by atoms with van der Waals surface area (Å²) in [6.07, 6.45) is 5.68. The van der Waals surface area contributed by atoms with Gasteiger partial charge in [-0.2, -0.15) is 0 Å². The zero-order chi connectivity index (χ0) is 18.1. The number of rotatable bonds is 4. The molecule has 4 rings (SSSR count). The molecule has 0 bridgehead atoms. The molecule has 1 heterocycles. The predicted octanol–water partition coefficient (Wildman–Crippen LogP) is 5.83. The van der Waals surface area contributed by atoms with E-state index in [4.69, 9.17) is 16.3 Å². The highest BCUT2D eigenvalue weighted by molar-refractivity contribution is 6.30. The fourth-order valence-corrected chi connectivity index (χ4v) is 3.29. The largest absolute Gasteiger partial charge is 0.417 e. The number of anilines is 1. The lowest BCUT2D eigenvalue weighted by Gasteiger charge is -2.12. The minimum absolute atomic E-state index is 0.493. The Bertz CT molecular complexity index is 960. The van der Waals surface area contributed by atoms with Gasteiger partial charge in [-0.15, -0.1) is 0 Å². The van der Waals surface area contributed by atoms with Crippen molar-refractivity contribution in [1.82, 2.24) is 4.57 Å². The third kappa shape index (κ3) is 3.60. The van der Waals surface area contributed by atoms with E-state index in [0.717, 1.165) is 29.5 Å². The molecule has 0 saturated heterocycles. The van der Waals surface area contributed by atoms with Gasteiger partial charge < -0.3 is 9.30 Å². The van der Waals surface area contributed by atoms with E-state index in [1.807, 2.05) is 72.5 Å². The molecule has 1 fully saturated rings. The third-order valence-electron chi connectivity index (χ3n) is 4.47. The average molecular weight is 367 g/mol. The fourth-order valence-electron chi connectivity index (χ4n) is 3.10. The molecule has 1 amide bonds. The Morgan fingerprint density at radius 3 is 2.73 bits per heavy atom. The van der Waals surface area contributed by atoms with Crippen LogP contribution in [-0.4, -0.2) is 10.7 Å². The van der Waals surface area contributed by atoms with Crippen LogP contribution in [0.25, 0.3) is 11.1 Å². The summed E-state index contributed by atoms with van der Waals surface area (Å²) >= 11 is 6.10. The summed E-state index contributed by atoms with van der Waals surface area (Å²) in [6.45, 7) is 0. The highest BCUT2D eigenvalue weighted by Crippen LogP contribution is 2.44. The zero-order valence-electron chi connectivity index (χ0n) is 14.4. The molecule has 0 atom stereocenters. The van der Waals surface area contributed by atoms with Crippen LogP contribution in [0.15, 0.2) is 60.9 Å². The molecule has 1 saturated carbocycles. The first-order valence-corrected chi connectivity index (χ1v) is 8.97. The smallest absolute Gasteiger partial charge is 0.408 e. The first kappa shape index (κ1) is 16.7. The third-order valence-corrected chi connectivity index (χ3v) is 4.70. The van der Waals surface area contributed by atoms with Gasteiger partial charge in [-0.3, -0.25) is 5.32 Å². The van der Waals surface area contributed by atoms with Crippen LogP contribution in [0.2, 0.25) is 5.02 Å². The first-order valence-electron chi connectivity index (χ1n) is 8.60. The minimum Gasteiger partial charge on any atom is -0.408 e. The second-order valence-electron chi connectivity index (χ2n) is 6.59. The highest BCUT2D eigenvalue weighted by Gasteiger charge is 2.29. The van der Waals surface area contributed by atoms with E-state index >= 15 is 0 Å². The summed E-state index contributed by atoms with van der Waals surface area (Å²) in [6, 6.07) is 15.1. The molecule has 0 radical (unpaired) electrons. The van der Waals surface area contributed by atoms with Gasteiger partial charge in [-0.1, -0.05) is 41.9 Å². The Kier molecular flexibility index (Phi) is 4.43. The number of halogens is 1. The highest BCUT2D eigenvalue weighted by atomic mass is 35.5. The number of benzene rings is 2. The quantitative estimate of drug-likeness (QED) is 0.630. The molecule has 0 spiro atoms. The number of hydrogen-bond acceptors (Lipinski definition) is 2. The van der Waals surface area contributed by atoms with Crippen molar-refractivity contribution in [3.8, 4) is 16.9 Å². The van der Waals surface area contributed by atoms with Crippen molar-refractivity contribution in [1.29, 1.82) is 0 Å². The molecule has 5 heteroatoms. The molecular formula is C21H19ClN2O2. The Hall–Kier alpha value is -2.72. The lowest BCUT2D eigenvalue weighted by atomic mass is 10.0. The predicted molar refractivity (Wildman–Crippen MR) is 104 cm³/mol. The molecule has 1 aliphatic rings. The Balaban J connectivity index is 1.55. The number of nitrogens with zero attached hydrogens (tertiary/aromatic N) is 1. The number of para-hydroxylation sites is 1. The van der Waals surface area contributed by atoms with Crippen molar-refractivity contribution in [2.75, 3.05) is 5.32 Å². The van der Waals surface area contributed by atoms with Gasteiger partial charge in [0.25, 0.3) is 0 Å². The van der Waals surface area contributed by atoms with E-state index < -0.39 is 6.09 Å². The SMILES string of the molecule is Cn1cc(OC(=O)Nc2ccccc2-c2cccc(Cl)c2)c(C2CC2)c1. The molecule has 4 nitrogen and oxygen atoms in total. The van der Waals surface area contributed by atoms with Crippen LogP contribution >= 0.6 is 11.6 Å². The second kappa shape index (κ2) is 6.89. The molecule has 1 aliphatic carbocycles. The van der Waals surface area contributed by atoms with E-state index in [9.17, 15) is 4.79 Å². The van der Waals surface area contributed by atoms with Gasteiger partial charge in [0.1, 0.15) is 0 Å². The molecule has 1 aromatic heterocycles. The molecule has 0 unspecified atom stereocenters. The van der Waals surface area contributed by atoms with Crippen molar-refractivity contribution in [3.05, 3.63) is 71.5 Å². The van der Waals surface area contributed by atoms with E-state index in [1.165, 1.54) is 0 Å². The van der Waals surface area contributed by atoms with Crippen molar-refractivity contribution >= 4 is 23.4 Å². The van der Waals surface area contributed by atoms with Gasteiger partial charge in [0.05, 0.1) is 5.69 Å². The molecule has 2 aromatic carbocycles. The van der Waals surface area contributed by atoms with Crippen LogP contribution in [0.3, 0.4) is 0 Å². The summed E-state index contributed by atoms with van der Waals surface area (Å²) in [4.78, 5) is 12.5. The molecule has 0 aliphatic heterocycles. The topological polar surface area (TPSA) is 43.3 Å². The van der Waals surface area contributed by atoms with E-state index in [-0.39, 0.29) is 0 Å². The van der Waals surface area contributed by atoms with Crippen molar-refractivity contribution < 1.29 is 9.53 Å². The number of amides is 1. The summed E-state index contributed by atoms with van der Waals surface area (Å²) < 4.78 is 7.52. The fraction of sp³-hybridized carbons (Fsp3) is 0.190. The van der Waals surface area contributed by atoms with Gasteiger partial charge in [0, 0.05) is 35.6 Å². The van der Waals surface area contributed by atoms with Crippen molar-refractivity contribution in [2.24, 2.45) is 7.05 Å². The van der Waals surface area contributed by atoms with Crippen LogP contribution in [-0.2, 0) is 7.05 Å². The van der Waals surface area contributed by atoms with E-state index in [2.05, 4.69) is 5.32 Å². The van der Waals surface area contributed by atoms with E-state index in [1.54, 1.807) is 0 Å². The maximum absolute atomic E-state index is 12.5. The normalized spacial score (nSPS) is 13.5. The molecule has 1 N–H and O–H groups in total. The van der Waals surface area contributed by atoms with Crippen LogP contribution in [0.5, 0.6) is 5.75 Å².